The van der Waals surface area contributed by atoms with Gasteiger partial charge in [-0.1, -0.05) is 18.2 Å². The lowest BCUT2D eigenvalue weighted by Crippen LogP contribution is -2.21. The van der Waals surface area contributed by atoms with Gasteiger partial charge in [0.05, 0.1) is 6.61 Å². The van der Waals surface area contributed by atoms with Gasteiger partial charge in [-0.15, -0.1) is 0 Å². The zero-order valence-electron chi connectivity index (χ0n) is 10.5. The fourth-order valence-electron chi connectivity index (χ4n) is 1.90. The molecular weight excluding hydrogens is 214 g/mol. The molecule has 2 rings (SSSR count). The number of ether oxygens (including phenoxy) is 1. The van der Waals surface area contributed by atoms with Crippen LogP contribution in [0.1, 0.15) is 11.3 Å². The maximum absolute atomic E-state index is 5.83. The fourth-order valence-corrected chi connectivity index (χ4v) is 1.90. The van der Waals surface area contributed by atoms with Gasteiger partial charge in [0.2, 0.25) is 0 Å². The Morgan fingerprint density at radius 2 is 2.18 bits per heavy atom. The van der Waals surface area contributed by atoms with Crippen LogP contribution >= 0.6 is 0 Å². The number of fused-ring (bicyclic) bond motifs is 1. The number of furan rings is 1. The van der Waals surface area contributed by atoms with Gasteiger partial charge >= 0.3 is 0 Å². The zero-order valence-corrected chi connectivity index (χ0v) is 10.5. The molecule has 1 N–H and O–H groups in total. The summed E-state index contributed by atoms with van der Waals surface area (Å²) in [6.45, 7) is 4.63. The lowest BCUT2D eigenvalue weighted by atomic mass is 10.2. The Bertz CT molecular complexity index is 476. The molecule has 0 fully saturated rings. The molecule has 0 aliphatic carbocycles. The molecule has 0 saturated carbocycles. The third kappa shape index (κ3) is 3.08. The highest BCUT2D eigenvalue weighted by atomic mass is 16.5. The molecule has 0 aliphatic rings. The van der Waals surface area contributed by atoms with Crippen LogP contribution in [0.4, 0.5) is 0 Å². The van der Waals surface area contributed by atoms with Crippen LogP contribution in [-0.4, -0.2) is 26.8 Å². The smallest absolute Gasteiger partial charge is 0.137 e. The molecule has 0 unspecified atom stereocenters. The minimum absolute atomic E-state index is 0.749. The summed E-state index contributed by atoms with van der Waals surface area (Å²) in [6, 6.07) is 8.36. The highest BCUT2D eigenvalue weighted by Crippen LogP contribution is 2.22. The minimum Gasteiger partial charge on any atom is -0.461 e. The summed E-state index contributed by atoms with van der Waals surface area (Å²) in [5.41, 5.74) is 2.21. The summed E-state index contributed by atoms with van der Waals surface area (Å²) in [6.07, 6.45) is 0.915. The first-order valence-corrected chi connectivity index (χ1v) is 5.99. The van der Waals surface area contributed by atoms with E-state index in [2.05, 4.69) is 36.5 Å². The molecule has 0 saturated heterocycles. The van der Waals surface area contributed by atoms with Gasteiger partial charge in [-0.3, -0.25) is 0 Å². The molecular formula is C14H19NO2. The highest BCUT2D eigenvalue weighted by Gasteiger charge is 2.04. The van der Waals surface area contributed by atoms with E-state index in [1.165, 1.54) is 10.9 Å². The van der Waals surface area contributed by atoms with Crippen LogP contribution in [0.3, 0.4) is 0 Å². The Kier molecular flexibility index (Phi) is 4.18. The van der Waals surface area contributed by atoms with Crippen LogP contribution in [0.15, 0.2) is 28.7 Å². The molecule has 1 aromatic carbocycles. The first-order chi connectivity index (χ1) is 8.31. The second-order valence-electron chi connectivity index (χ2n) is 4.20. The number of hydrogen-bond donors (Lipinski definition) is 1. The lowest BCUT2D eigenvalue weighted by molar-refractivity contribution is 0.199. The van der Waals surface area contributed by atoms with Gasteiger partial charge in [-0.25, -0.2) is 0 Å². The molecule has 2 aromatic rings. The van der Waals surface area contributed by atoms with E-state index >= 15 is 0 Å². The van der Waals surface area contributed by atoms with Crippen LogP contribution in [0, 0.1) is 6.92 Å². The molecule has 1 heterocycles. The third-order valence-electron chi connectivity index (χ3n) is 2.82. The lowest BCUT2D eigenvalue weighted by Gasteiger charge is -2.01. The highest BCUT2D eigenvalue weighted by molar-refractivity contribution is 5.80. The number of benzene rings is 1. The molecule has 17 heavy (non-hydrogen) atoms. The predicted octanol–water partition coefficient (Wildman–Crippen LogP) is 2.52. The Labute approximate surface area is 102 Å². The molecule has 3 heteroatoms. The fraction of sp³-hybridized carbons (Fsp3) is 0.429. The zero-order chi connectivity index (χ0) is 12.1. The Balaban J connectivity index is 1.93. The Hall–Kier alpha value is -1.32. The average molecular weight is 233 g/mol. The molecule has 0 bridgehead atoms. The SMILES string of the molecule is COCCNCCc1cc2cccc(C)c2o1. The van der Waals surface area contributed by atoms with Crippen molar-refractivity contribution in [1.82, 2.24) is 5.32 Å². The van der Waals surface area contributed by atoms with E-state index < -0.39 is 0 Å². The van der Waals surface area contributed by atoms with Crippen molar-refractivity contribution in [1.29, 1.82) is 0 Å². The van der Waals surface area contributed by atoms with Gasteiger partial charge in [0.25, 0.3) is 0 Å². The first kappa shape index (κ1) is 12.1. The van der Waals surface area contributed by atoms with Crippen LogP contribution < -0.4 is 5.32 Å². The minimum atomic E-state index is 0.749. The number of methoxy groups -OCH3 is 1. The van der Waals surface area contributed by atoms with Crippen LogP contribution in [0.25, 0.3) is 11.0 Å². The van der Waals surface area contributed by atoms with Crippen LogP contribution in [0.5, 0.6) is 0 Å². The summed E-state index contributed by atoms with van der Waals surface area (Å²) >= 11 is 0. The molecule has 0 aliphatic heterocycles. The van der Waals surface area contributed by atoms with Crippen molar-refractivity contribution in [3.63, 3.8) is 0 Å². The predicted molar refractivity (Wildman–Crippen MR) is 69.4 cm³/mol. The van der Waals surface area contributed by atoms with Crippen molar-refractivity contribution >= 4 is 11.0 Å². The Morgan fingerprint density at radius 3 is 2.94 bits per heavy atom. The van der Waals surface area contributed by atoms with Crippen molar-refractivity contribution in [2.45, 2.75) is 13.3 Å². The number of nitrogens with one attached hydrogen (secondary N) is 1. The summed E-state index contributed by atoms with van der Waals surface area (Å²) in [4.78, 5) is 0. The van der Waals surface area contributed by atoms with Gasteiger partial charge < -0.3 is 14.5 Å². The van der Waals surface area contributed by atoms with E-state index in [1.807, 2.05) is 0 Å². The van der Waals surface area contributed by atoms with E-state index in [9.17, 15) is 0 Å². The quantitative estimate of drug-likeness (QED) is 0.778. The van der Waals surface area contributed by atoms with Gasteiger partial charge in [0.15, 0.2) is 0 Å². The number of hydrogen-bond acceptors (Lipinski definition) is 3. The van der Waals surface area contributed by atoms with E-state index in [4.69, 9.17) is 9.15 Å². The summed E-state index contributed by atoms with van der Waals surface area (Å²) in [5.74, 6) is 1.04. The van der Waals surface area contributed by atoms with Crippen LogP contribution in [-0.2, 0) is 11.2 Å². The van der Waals surface area contributed by atoms with Gasteiger partial charge in [-0.2, -0.15) is 0 Å². The summed E-state index contributed by atoms with van der Waals surface area (Å²) in [7, 11) is 1.71. The number of rotatable bonds is 6. The van der Waals surface area contributed by atoms with Crippen molar-refractivity contribution in [2.24, 2.45) is 0 Å². The molecule has 3 nitrogen and oxygen atoms in total. The largest absolute Gasteiger partial charge is 0.461 e. The number of aryl methyl sites for hydroxylation is 1. The van der Waals surface area contributed by atoms with E-state index in [-0.39, 0.29) is 0 Å². The Morgan fingerprint density at radius 1 is 1.29 bits per heavy atom. The van der Waals surface area contributed by atoms with Crippen molar-refractivity contribution in [2.75, 3.05) is 26.8 Å². The van der Waals surface area contributed by atoms with Crippen molar-refractivity contribution < 1.29 is 9.15 Å². The van der Waals surface area contributed by atoms with E-state index in [0.29, 0.717) is 0 Å². The third-order valence-corrected chi connectivity index (χ3v) is 2.82. The summed E-state index contributed by atoms with van der Waals surface area (Å²) < 4.78 is 10.8. The molecule has 92 valence electrons. The van der Waals surface area contributed by atoms with E-state index in [1.54, 1.807) is 7.11 Å². The molecule has 0 amide bonds. The van der Waals surface area contributed by atoms with E-state index in [0.717, 1.165) is 37.5 Å². The average Bonchev–Trinajstić information content (AvgIpc) is 2.73. The molecule has 0 atom stereocenters. The van der Waals surface area contributed by atoms with Crippen molar-refractivity contribution in [3.05, 3.63) is 35.6 Å². The second kappa shape index (κ2) is 5.84. The molecule has 1 aromatic heterocycles. The topological polar surface area (TPSA) is 34.4 Å². The maximum Gasteiger partial charge on any atom is 0.137 e. The molecule has 0 radical (unpaired) electrons. The van der Waals surface area contributed by atoms with Gasteiger partial charge in [-0.05, 0) is 18.6 Å². The normalized spacial score (nSPS) is 11.2. The standard InChI is InChI=1S/C14H19NO2/c1-11-4-3-5-12-10-13(17-14(11)12)6-7-15-8-9-16-2/h3-5,10,15H,6-9H2,1-2H3. The molecule has 0 spiro atoms. The summed E-state index contributed by atoms with van der Waals surface area (Å²) in [5, 5.41) is 4.50. The van der Waals surface area contributed by atoms with Gasteiger partial charge in [0.1, 0.15) is 11.3 Å². The van der Waals surface area contributed by atoms with Crippen LogP contribution in [0.2, 0.25) is 0 Å². The van der Waals surface area contributed by atoms with Gasteiger partial charge in [0, 0.05) is 32.0 Å². The number of para-hydroxylation sites is 1. The first-order valence-electron chi connectivity index (χ1n) is 5.99. The maximum atomic E-state index is 5.83. The van der Waals surface area contributed by atoms with Crippen molar-refractivity contribution in [3.8, 4) is 0 Å². The second-order valence-corrected chi connectivity index (χ2v) is 4.20. The monoisotopic (exact) mass is 233 g/mol.